The van der Waals surface area contributed by atoms with Crippen LogP contribution in [0.15, 0.2) is 24.5 Å². The minimum atomic E-state index is 0.530. The van der Waals surface area contributed by atoms with Crippen LogP contribution in [0.25, 0.3) is 0 Å². The maximum atomic E-state index is 5.63. The maximum absolute atomic E-state index is 5.63. The van der Waals surface area contributed by atoms with Gasteiger partial charge in [0, 0.05) is 30.9 Å². The summed E-state index contributed by atoms with van der Waals surface area (Å²) in [6.45, 7) is 3.10. The molecule has 0 aliphatic carbocycles. The van der Waals surface area contributed by atoms with Crippen LogP contribution in [0.4, 0.5) is 0 Å². The van der Waals surface area contributed by atoms with Gasteiger partial charge < -0.3 is 5.32 Å². The molecular formula is C11H17ClN2. The van der Waals surface area contributed by atoms with E-state index in [2.05, 4.69) is 17.2 Å². The molecule has 1 atom stereocenters. The summed E-state index contributed by atoms with van der Waals surface area (Å²) in [5, 5.41) is 3.45. The fourth-order valence-corrected chi connectivity index (χ4v) is 1.43. The van der Waals surface area contributed by atoms with Crippen LogP contribution in [0.3, 0.4) is 0 Å². The van der Waals surface area contributed by atoms with Crippen molar-refractivity contribution in [1.29, 1.82) is 0 Å². The largest absolute Gasteiger partial charge is 0.310 e. The summed E-state index contributed by atoms with van der Waals surface area (Å²) in [7, 11) is 0. The molecule has 0 bridgehead atoms. The standard InChI is InChI=1S/C11H17ClN2/c1-10(3-2-6-12)14-9-11-4-7-13-8-5-11/h4-5,7-8,10,14H,2-3,6,9H2,1H3. The second-order valence-corrected chi connectivity index (χ2v) is 3.85. The van der Waals surface area contributed by atoms with E-state index in [-0.39, 0.29) is 0 Å². The Morgan fingerprint density at radius 2 is 2.14 bits per heavy atom. The van der Waals surface area contributed by atoms with Gasteiger partial charge >= 0.3 is 0 Å². The van der Waals surface area contributed by atoms with Gasteiger partial charge in [0.15, 0.2) is 0 Å². The highest BCUT2D eigenvalue weighted by atomic mass is 35.5. The Labute approximate surface area is 90.7 Å². The van der Waals surface area contributed by atoms with E-state index >= 15 is 0 Å². The monoisotopic (exact) mass is 212 g/mol. The predicted octanol–water partition coefficient (Wildman–Crippen LogP) is 2.58. The lowest BCUT2D eigenvalue weighted by Gasteiger charge is -2.12. The molecule has 0 saturated heterocycles. The van der Waals surface area contributed by atoms with E-state index in [0.717, 1.165) is 25.3 Å². The summed E-state index contributed by atoms with van der Waals surface area (Å²) in [5.41, 5.74) is 1.28. The molecule has 0 radical (unpaired) electrons. The summed E-state index contributed by atoms with van der Waals surface area (Å²) in [4.78, 5) is 3.98. The zero-order chi connectivity index (χ0) is 10.2. The third-order valence-corrected chi connectivity index (χ3v) is 2.44. The highest BCUT2D eigenvalue weighted by Gasteiger charge is 2.00. The second-order valence-electron chi connectivity index (χ2n) is 3.47. The topological polar surface area (TPSA) is 24.9 Å². The van der Waals surface area contributed by atoms with Gasteiger partial charge in [-0.2, -0.15) is 0 Å². The molecule has 1 aromatic rings. The van der Waals surface area contributed by atoms with Crippen LogP contribution in [0.2, 0.25) is 0 Å². The molecular weight excluding hydrogens is 196 g/mol. The zero-order valence-electron chi connectivity index (χ0n) is 8.54. The van der Waals surface area contributed by atoms with Crippen LogP contribution in [-0.4, -0.2) is 16.9 Å². The lowest BCUT2D eigenvalue weighted by atomic mass is 10.2. The number of rotatable bonds is 6. The Bertz CT molecular complexity index is 238. The molecule has 2 nitrogen and oxygen atoms in total. The van der Waals surface area contributed by atoms with Gasteiger partial charge in [0.1, 0.15) is 0 Å². The molecule has 1 aromatic heterocycles. The van der Waals surface area contributed by atoms with Gasteiger partial charge in [0.05, 0.1) is 0 Å². The fraction of sp³-hybridized carbons (Fsp3) is 0.545. The summed E-state index contributed by atoms with van der Waals surface area (Å²) in [6.07, 6.45) is 5.85. The third kappa shape index (κ3) is 4.58. The number of aromatic nitrogens is 1. The summed E-state index contributed by atoms with van der Waals surface area (Å²) >= 11 is 5.63. The van der Waals surface area contributed by atoms with E-state index in [1.54, 1.807) is 0 Å². The summed E-state index contributed by atoms with van der Waals surface area (Å²) in [5.74, 6) is 0.751. The van der Waals surface area contributed by atoms with E-state index < -0.39 is 0 Å². The molecule has 0 aromatic carbocycles. The number of hydrogen-bond donors (Lipinski definition) is 1. The van der Waals surface area contributed by atoms with Crippen molar-refractivity contribution in [3.63, 3.8) is 0 Å². The highest BCUT2D eigenvalue weighted by molar-refractivity contribution is 6.17. The minimum absolute atomic E-state index is 0.530. The number of nitrogens with zero attached hydrogens (tertiary/aromatic N) is 1. The van der Waals surface area contributed by atoms with E-state index in [1.165, 1.54) is 5.56 Å². The van der Waals surface area contributed by atoms with Crippen LogP contribution >= 0.6 is 11.6 Å². The smallest absolute Gasteiger partial charge is 0.0271 e. The maximum Gasteiger partial charge on any atom is 0.0271 e. The molecule has 1 unspecified atom stereocenters. The second kappa shape index (κ2) is 6.80. The first-order valence-electron chi connectivity index (χ1n) is 5.01. The minimum Gasteiger partial charge on any atom is -0.310 e. The van der Waals surface area contributed by atoms with Crippen LogP contribution in [0.5, 0.6) is 0 Å². The molecule has 14 heavy (non-hydrogen) atoms. The SMILES string of the molecule is CC(CCCCl)NCc1ccncc1. The van der Waals surface area contributed by atoms with Crippen molar-refractivity contribution in [2.75, 3.05) is 5.88 Å². The molecule has 3 heteroatoms. The van der Waals surface area contributed by atoms with Crippen molar-refractivity contribution in [3.8, 4) is 0 Å². The molecule has 0 spiro atoms. The summed E-state index contributed by atoms with van der Waals surface area (Å²) in [6, 6.07) is 4.59. The summed E-state index contributed by atoms with van der Waals surface area (Å²) < 4.78 is 0. The molecule has 1 rings (SSSR count). The molecule has 0 saturated carbocycles. The average molecular weight is 213 g/mol. The van der Waals surface area contributed by atoms with E-state index in [1.807, 2.05) is 24.5 Å². The molecule has 1 N–H and O–H groups in total. The van der Waals surface area contributed by atoms with Gasteiger partial charge in [0.25, 0.3) is 0 Å². The first-order chi connectivity index (χ1) is 6.83. The fourth-order valence-electron chi connectivity index (χ4n) is 1.28. The van der Waals surface area contributed by atoms with Crippen molar-refractivity contribution >= 4 is 11.6 Å². The van der Waals surface area contributed by atoms with Gasteiger partial charge in [-0.1, -0.05) is 0 Å². The highest BCUT2D eigenvalue weighted by Crippen LogP contribution is 2.01. The van der Waals surface area contributed by atoms with Crippen LogP contribution in [0.1, 0.15) is 25.3 Å². The van der Waals surface area contributed by atoms with Gasteiger partial charge in [0.2, 0.25) is 0 Å². The molecule has 0 aliphatic rings. The van der Waals surface area contributed by atoms with Crippen molar-refractivity contribution in [2.24, 2.45) is 0 Å². The number of hydrogen-bond acceptors (Lipinski definition) is 2. The Hall–Kier alpha value is -0.600. The number of alkyl halides is 1. The molecule has 0 fully saturated rings. The van der Waals surface area contributed by atoms with E-state index in [4.69, 9.17) is 11.6 Å². The lowest BCUT2D eigenvalue weighted by molar-refractivity contribution is 0.509. The predicted molar refractivity (Wildman–Crippen MR) is 60.5 cm³/mol. The van der Waals surface area contributed by atoms with Gasteiger partial charge in [-0.15, -0.1) is 11.6 Å². The Morgan fingerprint density at radius 1 is 1.43 bits per heavy atom. The van der Waals surface area contributed by atoms with Crippen molar-refractivity contribution < 1.29 is 0 Å². The average Bonchev–Trinajstić information content (AvgIpc) is 2.25. The zero-order valence-corrected chi connectivity index (χ0v) is 9.30. The van der Waals surface area contributed by atoms with Gasteiger partial charge in [-0.25, -0.2) is 0 Å². The quantitative estimate of drug-likeness (QED) is 0.734. The Morgan fingerprint density at radius 3 is 2.79 bits per heavy atom. The van der Waals surface area contributed by atoms with Crippen LogP contribution in [-0.2, 0) is 6.54 Å². The molecule has 0 amide bonds. The molecule has 0 aliphatic heterocycles. The van der Waals surface area contributed by atoms with Crippen LogP contribution < -0.4 is 5.32 Å². The van der Waals surface area contributed by atoms with Crippen molar-refractivity contribution in [1.82, 2.24) is 10.3 Å². The van der Waals surface area contributed by atoms with Gasteiger partial charge in [-0.3, -0.25) is 4.98 Å². The Balaban J connectivity index is 2.20. The normalized spacial score (nSPS) is 12.7. The third-order valence-electron chi connectivity index (χ3n) is 2.17. The first kappa shape index (κ1) is 11.5. The molecule has 1 heterocycles. The first-order valence-corrected chi connectivity index (χ1v) is 5.54. The van der Waals surface area contributed by atoms with Crippen LogP contribution in [0, 0.1) is 0 Å². The number of nitrogens with one attached hydrogen (secondary N) is 1. The Kier molecular flexibility index (Phi) is 5.57. The van der Waals surface area contributed by atoms with Gasteiger partial charge in [-0.05, 0) is 37.5 Å². The lowest BCUT2D eigenvalue weighted by Crippen LogP contribution is -2.25. The number of pyridine rings is 1. The molecule has 78 valence electrons. The van der Waals surface area contributed by atoms with E-state index in [0.29, 0.717) is 6.04 Å². The van der Waals surface area contributed by atoms with E-state index in [9.17, 15) is 0 Å². The van der Waals surface area contributed by atoms with Crippen molar-refractivity contribution in [2.45, 2.75) is 32.4 Å². The number of halogens is 1. The van der Waals surface area contributed by atoms with Crippen molar-refractivity contribution in [3.05, 3.63) is 30.1 Å².